The Morgan fingerprint density at radius 3 is 2.24 bits per heavy atom. The van der Waals surface area contributed by atoms with E-state index in [2.05, 4.69) is 11.1 Å². The second-order valence-electron chi connectivity index (χ2n) is 5.93. The molecule has 6 nitrogen and oxygen atoms in total. The standard InChI is InChI=1S/C23H18N2O4/c1-27-21-8-5-18(14-22(21)28-2)19(15-24)13-16-3-6-20(7-4-16)29-23(26)17-9-11-25-12-10-17/h3-14H,1-2H3/b19-13-. The fourth-order valence-corrected chi connectivity index (χ4v) is 2.64. The molecule has 29 heavy (non-hydrogen) atoms. The molecule has 2 aromatic carbocycles. The van der Waals surface area contributed by atoms with E-state index in [1.165, 1.54) is 12.4 Å². The molecule has 3 rings (SSSR count). The molecule has 144 valence electrons. The number of nitrogens with zero attached hydrogens (tertiary/aromatic N) is 2. The number of carbonyl (C=O) groups is 1. The van der Waals surface area contributed by atoms with Gasteiger partial charge in [-0.2, -0.15) is 5.26 Å². The molecule has 0 aliphatic carbocycles. The third-order valence-corrected chi connectivity index (χ3v) is 4.13. The normalized spacial score (nSPS) is 10.7. The molecule has 0 unspecified atom stereocenters. The van der Waals surface area contributed by atoms with Gasteiger partial charge >= 0.3 is 5.97 Å². The van der Waals surface area contributed by atoms with Crippen LogP contribution < -0.4 is 14.2 Å². The van der Waals surface area contributed by atoms with Crippen LogP contribution in [0.25, 0.3) is 11.6 Å². The molecular weight excluding hydrogens is 368 g/mol. The molecule has 0 atom stereocenters. The highest BCUT2D eigenvalue weighted by Gasteiger charge is 2.10. The lowest BCUT2D eigenvalue weighted by Crippen LogP contribution is -2.08. The summed E-state index contributed by atoms with van der Waals surface area (Å²) in [6, 6.07) is 17.6. The van der Waals surface area contributed by atoms with Crippen LogP contribution >= 0.6 is 0 Å². The SMILES string of the molecule is COc1ccc(/C(C#N)=C\c2ccc(OC(=O)c3ccncc3)cc2)cc1OC. The number of rotatable bonds is 6. The number of esters is 1. The summed E-state index contributed by atoms with van der Waals surface area (Å²) in [5.74, 6) is 1.09. The number of aromatic nitrogens is 1. The van der Waals surface area contributed by atoms with Crippen molar-refractivity contribution in [3.05, 3.63) is 83.7 Å². The Morgan fingerprint density at radius 2 is 1.62 bits per heavy atom. The van der Waals surface area contributed by atoms with Gasteiger partial charge in [0, 0.05) is 12.4 Å². The average Bonchev–Trinajstić information content (AvgIpc) is 2.78. The van der Waals surface area contributed by atoms with Gasteiger partial charge in [0.15, 0.2) is 11.5 Å². The van der Waals surface area contributed by atoms with Crippen LogP contribution in [0.2, 0.25) is 0 Å². The summed E-state index contributed by atoms with van der Waals surface area (Å²) in [6.07, 6.45) is 4.81. The zero-order valence-electron chi connectivity index (χ0n) is 16.0. The fraction of sp³-hybridized carbons (Fsp3) is 0.0870. The van der Waals surface area contributed by atoms with Crippen LogP contribution in [0.4, 0.5) is 0 Å². The van der Waals surface area contributed by atoms with Crippen LogP contribution in [0.3, 0.4) is 0 Å². The van der Waals surface area contributed by atoms with Gasteiger partial charge in [-0.05, 0) is 59.7 Å². The van der Waals surface area contributed by atoms with Gasteiger partial charge in [-0.1, -0.05) is 12.1 Å². The van der Waals surface area contributed by atoms with Crippen molar-refractivity contribution in [3.63, 3.8) is 0 Å². The lowest BCUT2D eigenvalue weighted by Gasteiger charge is -2.09. The third-order valence-electron chi connectivity index (χ3n) is 4.13. The number of ether oxygens (including phenoxy) is 3. The van der Waals surface area contributed by atoms with Crippen LogP contribution in [0.5, 0.6) is 17.2 Å². The van der Waals surface area contributed by atoms with Crippen LogP contribution in [0, 0.1) is 11.3 Å². The van der Waals surface area contributed by atoms with Gasteiger partial charge in [0.1, 0.15) is 5.75 Å². The molecule has 0 saturated carbocycles. The first-order valence-electron chi connectivity index (χ1n) is 8.71. The van der Waals surface area contributed by atoms with Gasteiger partial charge < -0.3 is 14.2 Å². The van der Waals surface area contributed by atoms with Gasteiger partial charge in [-0.25, -0.2) is 4.79 Å². The number of hydrogen-bond acceptors (Lipinski definition) is 6. The lowest BCUT2D eigenvalue weighted by molar-refractivity contribution is 0.0734. The minimum absolute atomic E-state index is 0.411. The van der Waals surface area contributed by atoms with Crippen molar-refractivity contribution < 1.29 is 19.0 Å². The van der Waals surface area contributed by atoms with Crippen LogP contribution in [-0.2, 0) is 0 Å². The molecule has 0 bridgehead atoms. The van der Waals surface area contributed by atoms with Crippen molar-refractivity contribution in [2.75, 3.05) is 14.2 Å². The third kappa shape index (κ3) is 4.79. The summed E-state index contributed by atoms with van der Waals surface area (Å²) in [5, 5.41) is 9.57. The van der Waals surface area contributed by atoms with E-state index < -0.39 is 5.97 Å². The van der Waals surface area contributed by atoms with Crippen molar-refractivity contribution in [1.29, 1.82) is 5.26 Å². The fourth-order valence-electron chi connectivity index (χ4n) is 2.64. The maximum Gasteiger partial charge on any atom is 0.343 e. The monoisotopic (exact) mass is 386 g/mol. The van der Waals surface area contributed by atoms with Gasteiger partial charge in [0.05, 0.1) is 31.4 Å². The van der Waals surface area contributed by atoms with E-state index in [1.807, 2.05) is 0 Å². The number of methoxy groups -OCH3 is 2. The minimum Gasteiger partial charge on any atom is -0.493 e. The van der Waals surface area contributed by atoms with Crippen molar-refractivity contribution in [2.24, 2.45) is 0 Å². The highest BCUT2D eigenvalue weighted by molar-refractivity contribution is 5.91. The Bertz CT molecular complexity index is 1070. The second-order valence-corrected chi connectivity index (χ2v) is 5.93. The minimum atomic E-state index is -0.460. The van der Waals surface area contributed by atoms with Gasteiger partial charge in [-0.3, -0.25) is 4.98 Å². The van der Waals surface area contributed by atoms with Gasteiger partial charge in [0.25, 0.3) is 0 Å². The Balaban J connectivity index is 1.79. The van der Waals surface area contributed by atoms with Crippen molar-refractivity contribution in [1.82, 2.24) is 4.98 Å². The number of nitriles is 1. The van der Waals surface area contributed by atoms with Crippen molar-refractivity contribution in [2.45, 2.75) is 0 Å². The average molecular weight is 386 g/mol. The largest absolute Gasteiger partial charge is 0.493 e. The van der Waals surface area contributed by atoms with Crippen LogP contribution in [-0.4, -0.2) is 25.2 Å². The van der Waals surface area contributed by atoms with E-state index in [0.29, 0.717) is 33.9 Å². The molecule has 0 amide bonds. The summed E-state index contributed by atoms with van der Waals surface area (Å²) in [7, 11) is 3.10. The summed E-state index contributed by atoms with van der Waals surface area (Å²) in [6.45, 7) is 0. The summed E-state index contributed by atoms with van der Waals surface area (Å²) in [4.78, 5) is 16.0. The molecule has 1 aromatic heterocycles. The molecule has 0 aliphatic heterocycles. The highest BCUT2D eigenvalue weighted by Crippen LogP contribution is 2.31. The quantitative estimate of drug-likeness (QED) is 0.271. The molecule has 6 heteroatoms. The van der Waals surface area contributed by atoms with Crippen molar-refractivity contribution >= 4 is 17.6 Å². The Labute approximate surface area is 168 Å². The number of allylic oxidation sites excluding steroid dienone is 1. The molecule has 0 saturated heterocycles. The van der Waals surface area contributed by atoms with E-state index in [9.17, 15) is 10.1 Å². The molecule has 1 heterocycles. The van der Waals surface area contributed by atoms with Crippen LogP contribution in [0.15, 0.2) is 67.0 Å². The second kappa shape index (κ2) is 9.20. The molecule has 0 N–H and O–H groups in total. The first kappa shape index (κ1) is 19.6. The molecule has 0 spiro atoms. The summed E-state index contributed by atoms with van der Waals surface area (Å²) in [5.41, 5.74) is 2.38. The predicted octanol–water partition coefficient (Wildman–Crippen LogP) is 4.38. The maximum atomic E-state index is 12.1. The lowest BCUT2D eigenvalue weighted by atomic mass is 10.0. The summed E-state index contributed by atoms with van der Waals surface area (Å²) < 4.78 is 15.9. The molecule has 0 aliphatic rings. The Morgan fingerprint density at radius 1 is 0.931 bits per heavy atom. The molecular formula is C23H18N2O4. The van der Waals surface area contributed by atoms with E-state index in [1.54, 1.807) is 74.9 Å². The number of benzene rings is 2. The number of hydrogen-bond donors (Lipinski definition) is 0. The Kier molecular flexibility index (Phi) is 6.23. The first-order valence-corrected chi connectivity index (χ1v) is 8.71. The molecule has 0 fully saturated rings. The van der Waals surface area contributed by atoms with E-state index >= 15 is 0 Å². The topological polar surface area (TPSA) is 81.4 Å². The number of pyridine rings is 1. The number of carbonyl (C=O) groups excluding carboxylic acids is 1. The van der Waals surface area contributed by atoms with Crippen LogP contribution in [0.1, 0.15) is 21.5 Å². The predicted molar refractivity (Wildman–Crippen MR) is 109 cm³/mol. The van der Waals surface area contributed by atoms with Crippen molar-refractivity contribution in [3.8, 4) is 23.3 Å². The van der Waals surface area contributed by atoms with E-state index in [-0.39, 0.29) is 0 Å². The summed E-state index contributed by atoms with van der Waals surface area (Å²) >= 11 is 0. The molecule has 0 radical (unpaired) electrons. The smallest absolute Gasteiger partial charge is 0.343 e. The van der Waals surface area contributed by atoms with Gasteiger partial charge in [0.2, 0.25) is 0 Å². The van der Waals surface area contributed by atoms with E-state index in [0.717, 1.165) is 5.56 Å². The zero-order chi connectivity index (χ0) is 20.6. The van der Waals surface area contributed by atoms with Gasteiger partial charge in [-0.15, -0.1) is 0 Å². The zero-order valence-corrected chi connectivity index (χ0v) is 16.0. The first-order chi connectivity index (χ1) is 14.1. The molecule has 3 aromatic rings. The Hall–Kier alpha value is -4.11. The van der Waals surface area contributed by atoms with E-state index in [4.69, 9.17) is 14.2 Å². The maximum absolute atomic E-state index is 12.1. The highest BCUT2D eigenvalue weighted by atomic mass is 16.5.